The Kier molecular flexibility index (Phi) is 5.21. The van der Waals surface area contributed by atoms with Gasteiger partial charge in [0.2, 0.25) is 0 Å². The molecule has 4 heteroatoms. The molecule has 4 nitrogen and oxygen atoms in total. The maximum Gasteiger partial charge on any atom is 0.137 e. The number of anilines is 2. The van der Waals surface area contributed by atoms with Gasteiger partial charge in [-0.2, -0.15) is 0 Å². The first-order valence-electron chi connectivity index (χ1n) is 8.00. The van der Waals surface area contributed by atoms with Crippen molar-refractivity contribution >= 4 is 11.6 Å². The van der Waals surface area contributed by atoms with E-state index in [1.54, 1.807) is 0 Å². The van der Waals surface area contributed by atoms with E-state index < -0.39 is 0 Å². The molecule has 1 N–H and O–H groups in total. The fraction of sp³-hybridized carbons (Fsp3) is 0.750. The quantitative estimate of drug-likeness (QED) is 0.735. The van der Waals surface area contributed by atoms with Crippen molar-refractivity contribution in [1.82, 2.24) is 9.97 Å². The number of nitrogens with one attached hydrogen (secondary N) is 1. The second-order valence-corrected chi connectivity index (χ2v) is 5.81. The Balaban J connectivity index is 2.20. The zero-order chi connectivity index (χ0) is 14.5. The van der Waals surface area contributed by atoms with Crippen LogP contribution in [0.1, 0.15) is 63.3 Å². The first-order valence-corrected chi connectivity index (χ1v) is 8.00. The van der Waals surface area contributed by atoms with Crippen LogP contribution < -0.4 is 10.2 Å². The summed E-state index contributed by atoms with van der Waals surface area (Å²) in [6.07, 6.45) is 6.25. The lowest BCUT2D eigenvalue weighted by molar-refractivity contribution is 0.697. The lowest BCUT2D eigenvalue weighted by atomic mass is 10.2. The van der Waals surface area contributed by atoms with E-state index in [0.29, 0.717) is 5.92 Å². The molecule has 112 valence electrons. The normalized spacial score (nSPS) is 14.4. The number of unbranched alkanes of at least 4 members (excludes halogenated alkanes) is 2. The molecule has 20 heavy (non-hydrogen) atoms. The van der Waals surface area contributed by atoms with Gasteiger partial charge in [0.05, 0.1) is 0 Å². The summed E-state index contributed by atoms with van der Waals surface area (Å²) in [6, 6.07) is 0. The van der Waals surface area contributed by atoms with E-state index in [4.69, 9.17) is 9.97 Å². The zero-order valence-electron chi connectivity index (χ0n) is 13.4. The van der Waals surface area contributed by atoms with Gasteiger partial charge in [-0.15, -0.1) is 0 Å². The van der Waals surface area contributed by atoms with Crippen LogP contribution in [0, 0.1) is 6.92 Å². The largest absolute Gasteiger partial charge is 0.370 e. The minimum atomic E-state index is 0.593. The molecule has 0 atom stereocenters. The van der Waals surface area contributed by atoms with E-state index >= 15 is 0 Å². The van der Waals surface area contributed by atoms with E-state index in [0.717, 1.165) is 30.5 Å². The molecular weight excluding hydrogens is 248 g/mol. The molecule has 2 rings (SSSR count). The van der Waals surface area contributed by atoms with Crippen LogP contribution in [0.3, 0.4) is 0 Å². The molecule has 0 aromatic carbocycles. The average Bonchev–Trinajstić information content (AvgIpc) is 3.26. The molecule has 0 bridgehead atoms. The highest BCUT2D eigenvalue weighted by atomic mass is 15.2. The van der Waals surface area contributed by atoms with Gasteiger partial charge in [0.15, 0.2) is 0 Å². The molecule has 0 amide bonds. The van der Waals surface area contributed by atoms with Crippen molar-refractivity contribution in [2.45, 2.75) is 58.8 Å². The van der Waals surface area contributed by atoms with Gasteiger partial charge in [-0.3, -0.25) is 0 Å². The third-order valence-corrected chi connectivity index (χ3v) is 3.88. The summed E-state index contributed by atoms with van der Waals surface area (Å²) in [5, 5.41) is 3.38. The van der Waals surface area contributed by atoms with Gasteiger partial charge in [-0.05, 0) is 33.1 Å². The summed E-state index contributed by atoms with van der Waals surface area (Å²) in [5.41, 5.74) is 1.18. The van der Waals surface area contributed by atoms with Crippen LogP contribution in [0.4, 0.5) is 11.6 Å². The van der Waals surface area contributed by atoms with Gasteiger partial charge >= 0.3 is 0 Å². The summed E-state index contributed by atoms with van der Waals surface area (Å²) < 4.78 is 0. The molecule has 1 aliphatic carbocycles. The van der Waals surface area contributed by atoms with Gasteiger partial charge in [0, 0.05) is 31.6 Å². The van der Waals surface area contributed by atoms with Crippen LogP contribution in [0.5, 0.6) is 0 Å². The van der Waals surface area contributed by atoms with Crippen molar-refractivity contribution in [3.05, 3.63) is 11.4 Å². The molecule has 1 aromatic heterocycles. The average molecular weight is 276 g/mol. The smallest absolute Gasteiger partial charge is 0.137 e. The molecule has 0 aliphatic heterocycles. The first kappa shape index (κ1) is 15.1. The SMILES string of the molecule is CCCCCN(C)c1nc(C2CC2)nc(NCC)c1C. The van der Waals surface area contributed by atoms with Crippen molar-refractivity contribution in [2.75, 3.05) is 30.4 Å². The Bertz CT molecular complexity index is 440. The standard InChI is InChI=1S/C16H28N4/c1-5-7-8-11-20(4)16-12(3)14(17-6-2)18-15(19-16)13-9-10-13/h13H,5-11H2,1-4H3,(H,17,18,19). The number of hydrogen-bond acceptors (Lipinski definition) is 4. The summed E-state index contributed by atoms with van der Waals surface area (Å²) in [4.78, 5) is 11.8. The minimum absolute atomic E-state index is 0.593. The Morgan fingerprint density at radius 3 is 2.55 bits per heavy atom. The van der Waals surface area contributed by atoms with Crippen LogP contribution in [-0.4, -0.2) is 30.1 Å². The van der Waals surface area contributed by atoms with Crippen LogP contribution in [0.25, 0.3) is 0 Å². The second kappa shape index (κ2) is 6.91. The monoisotopic (exact) mass is 276 g/mol. The van der Waals surface area contributed by atoms with Crippen LogP contribution in [0.2, 0.25) is 0 Å². The number of rotatable bonds is 8. The Morgan fingerprint density at radius 2 is 1.95 bits per heavy atom. The molecule has 0 spiro atoms. The Labute approximate surface area is 123 Å². The highest BCUT2D eigenvalue weighted by molar-refractivity contribution is 5.58. The molecule has 0 unspecified atom stereocenters. The van der Waals surface area contributed by atoms with E-state index in [1.165, 1.54) is 37.7 Å². The van der Waals surface area contributed by atoms with Gasteiger partial charge in [0.25, 0.3) is 0 Å². The van der Waals surface area contributed by atoms with Crippen LogP contribution >= 0.6 is 0 Å². The summed E-state index contributed by atoms with van der Waals surface area (Å²) in [6.45, 7) is 8.45. The van der Waals surface area contributed by atoms with Crippen molar-refractivity contribution in [3.8, 4) is 0 Å². The highest BCUT2D eigenvalue weighted by Crippen LogP contribution is 2.39. The lowest BCUT2D eigenvalue weighted by Crippen LogP contribution is -2.22. The fourth-order valence-electron chi connectivity index (χ4n) is 2.46. The molecular formula is C16H28N4. The molecule has 1 heterocycles. The van der Waals surface area contributed by atoms with Crippen molar-refractivity contribution in [3.63, 3.8) is 0 Å². The maximum absolute atomic E-state index is 4.83. The third kappa shape index (κ3) is 3.62. The Morgan fingerprint density at radius 1 is 1.20 bits per heavy atom. The van der Waals surface area contributed by atoms with Crippen molar-refractivity contribution in [1.29, 1.82) is 0 Å². The number of nitrogens with zero attached hydrogens (tertiary/aromatic N) is 3. The van der Waals surface area contributed by atoms with E-state index in [2.05, 4.69) is 38.0 Å². The van der Waals surface area contributed by atoms with Gasteiger partial charge < -0.3 is 10.2 Å². The molecule has 1 aliphatic rings. The van der Waals surface area contributed by atoms with Crippen molar-refractivity contribution < 1.29 is 0 Å². The van der Waals surface area contributed by atoms with Crippen LogP contribution in [0.15, 0.2) is 0 Å². The summed E-state index contributed by atoms with van der Waals surface area (Å²) in [7, 11) is 2.15. The van der Waals surface area contributed by atoms with Crippen LogP contribution in [-0.2, 0) is 0 Å². The minimum Gasteiger partial charge on any atom is -0.370 e. The second-order valence-electron chi connectivity index (χ2n) is 5.81. The first-order chi connectivity index (χ1) is 9.67. The molecule has 0 radical (unpaired) electrons. The highest BCUT2D eigenvalue weighted by Gasteiger charge is 2.28. The fourth-order valence-corrected chi connectivity index (χ4v) is 2.46. The molecule has 1 aromatic rings. The summed E-state index contributed by atoms with van der Waals surface area (Å²) >= 11 is 0. The molecule has 1 saturated carbocycles. The summed E-state index contributed by atoms with van der Waals surface area (Å²) in [5.74, 6) is 3.75. The third-order valence-electron chi connectivity index (χ3n) is 3.88. The predicted molar refractivity (Wildman–Crippen MR) is 85.7 cm³/mol. The van der Waals surface area contributed by atoms with Gasteiger partial charge in [-0.1, -0.05) is 19.8 Å². The maximum atomic E-state index is 4.83. The number of aromatic nitrogens is 2. The van der Waals surface area contributed by atoms with Crippen molar-refractivity contribution in [2.24, 2.45) is 0 Å². The molecule has 0 saturated heterocycles. The van der Waals surface area contributed by atoms with E-state index in [-0.39, 0.29) is 0 Å². The zero-order valence-corrected chi connectivity index (χ0v) is 13.4. The molecule has 1 fully saturated rings. The Hall–Kier alpha value is -1.32. The van der Waals surface area contributed by atoms with Gasteiger partial charge in [0.1, 0.15) is 17.5 Å². The lowest BCUT2D eigenvalue weighted by Gasteiger charge is -2.22. The number of hydrogen-bond donors (Lipinski definition) is 1. The van der Waals surface area contributed by atoms with E-state index in [1.807, 2.05) is 0 Å². The van der Waals surface area contributed by atoms with Gasteiger partial charge in [-0.25, -0.2) is 9.97 Å². The predicted octanol–water partition coefficient (Wildman–Crippen LogP) is 3.72. The van der Waals surface area contributed by atoms with E-state index in [9.17, 15) is 0 Å². The topological polar surface area (TPSA) is 41.1 Å².